The number of alkyl halides is 5. The second kappa shape index (κ2) is 8.96. The average molecular weight is 490 g/mol. The number of aromatic nitrogens is 2. The molecule has 0 radical (unpaired) electrons. The normalized spacial score (nSPS) is 19.3. The number of carbonyl (C=O) groups excluding carboxylic acids is 1. The average Bonchev–Trinajstić information content (AvgIpc) is 2.68. The van der Waals surface area contributed by atoms with Crippen LogP contribution in [-0.4, -0.2) is 41.1 Å². The number of hydrogen-bond donors (Lipinski definition) is 2. The number of hydrogen-bond acceptors (Lipinski definition) is 5. The molecule has 0 spiro atoms. The fourth-order valence-electron chi connectivity index (χ4n) is 3.88. The summed E-state index contributed by atoms with van der Waals surface area (Å²) in [7, 11) is -0.944. The van der Waals surface area contributed by atoms with Gasteiger partial charge in [0.2, 0.25) is 0 Å². The maximum atomic E-state index is 14.0. The molecule has 1 fully saturated rings. The van der Waals surface area contributed by atoms with Crippen molar-refractivity contribution in [2.75, 3.05) is 29.6 Å². The number of piperidine rings is 1. The fraction of sp³-hybridized carbons (Fsp3) is 0.476. The Bertz CT molecular complexity index is 1110. The Balaban J connectivity index is 2.10. The Hall–Kier alpha value is -2.63. The third-order valence-electron chi connectivity index (χ3n) is 5.66. The minimum absolute atomic E-state index is 0.0529. The van der Waals surface area contributed by atoms with Crippen molar-refractivity contribution in [3.05, 3.63) is 40.7 Å². The summed E-state index contributed by atoms with van der Waals surface area (Å²) in [5.74, 6) is -4.86. The number of anilines is 2. The minimum atomic E-state index is -4.75. The van der Waals surface area contributed by atoms with Crippen LogP contribution in [-0.2, 0) is 16.9 Å². The molecule has 3 rings (SSSR count). The van der Waals surface area contributed by atoms with Crippen LogP contribution in [0.4, 0.5) is 33.5 Å². The van der Waals surface area contributed by atoms with Crippen LogP contribution in [0.25, 0.3) is 0 Å². The molecule has 12 heteroatoms. The summed E-state index contributed by atoms with van der Waals surface area (Å²) in [5.41, 5.74) is -1.73. The molecular formula is C21H24F5N5OS. The minimum Gasteiger partial charge on any atom is -0.355 e. The molecule has 2 aromatic rings. The van der Waals surface area contributed by atoms with Gasteiger partial charge in [-0.25, -0.2) is 18.7 Å². The predicted octanol–water partition coefficient (Wildman–Crippen LogP) is 5.22. The van der Waals surface area contributed by atoms with Crippen LogP contribution >= 0.6 is 0 Å². The lowest BCUT2D eigenvalue weighted by Gasteiger charge is -2.38. The molecule has 6 nitrogen and oxygen atoms in total. The van der Waals surface area contributed by atoms with Gasteiger partial charge in [-0.2, -0.15) is 13.2 Å². The van der Waals surface area contributed by atoms with Crippen LogP contribution in [0.1, 0.15) is 40.5 Å². The molecule has 0 saturated carbocycles. The highest BCUT2D eigenvalue weighted by Crippen LogP contribution is 2.40. The van der Waals surface area contributed by atoms with E-state index in [1.807, 2.05) is 0 Å². The maximum absolute atomic E-state index is 14.0. The third-order valence-corrected chi connectivity index (χ3v) is 6.51. The van der Waals surface area contributed by atoms with E-state index in [2.05, 4.69) is 15.3 Å². The summed E-state index contributed by atoms with van der Waals surface area (Å²) in [6.07, 6.45) is -2.24. The van der Waals surface area contributed by atoms with Crippen molar-refractivity contribution in [3.8, 4) is 0 Å². The first-order chi connectivity index (χ1) is 15.2. The first-order valence-electron chi connectivity index (χ1n) is 10.1. The molecule has 0 aromatic carbocycles. The first kappa shape index (κ1) is 25.0. The molecule has 2 aromatic heterocycles. The van der Waals surface area contributed by atoms with E-state index in [0.717, 1.165) is 0 Å². The van der Waals surface area contributed by atoms with E-state index in [9.17, 15) is 26.7 Å². The second-order valence-corrected chi connectivity index (χ2v) is 9.54. The summed E-state index contributed by atoms with van der Waals surface area (Å²) in [5, 5.41) is 2.96. The largest absolute Gasteiger partial charge is 0.418 e. The number of pyridine rings is 2. The van der Waals surface area contributed by atoms with Crippen molar-refractivity contribution in [2.45, 2.75) is 44.3 Å². The number of amides is 1. The summed E-state index contributed by atoms with van der Waals surface area (Å²) in [4.78, 5) is 22.8. The van der Waals surface area contributed by atoms with Gasteiger partial charge in [0.25, 0.3) is 11.8 Å². The van der Waals surface area contributed by atoms with Crippen molar-refractivity contribution in [2.24, 2.45) is 5.92 Å². The van der Waals surface area contributed by atoms with E-state index in [1.54, 1.807) is 6.26 Å². The first-order valence-corrected chi connectivity index (χ1v) is 11.7. The van der Waals surface area contributed by atoms with E-state index in [0.29, 0.717) is 5.03 Å². The maximum Gasteiger partial charge on any atom is 0.418 e. The van der Waals surface area contributed by atoms with Gasteiger partial charge in [0.1, 0.15) is 10.8 Å². The van der Waals surface area contributed by atoms with Crippen LogP contribution in [0.2, 0.25) is 0 Å². The molecule has 2 atom stereocenters. The molecule has 2 N–H and O–H groups in total. The van der Waals surface area contributed by atoms with E-state index < -0.39 is 46.6 Å². The molecule has 1 unspecified atom stereocenters. The Morgan fingerprint density at radius 3 is 2.58 bits per heavy atom. The smallest absolute Gasteiger partial charge is 0.355 e. The summed E-state index contributed by atoms with van der Waals surface area (Å²) in [6.45, 7) is 3.43. The van der Waals surface area contributed by atoms with Crippen molar-refractivity contribution < 1.29 is 26.7 Å². The summed E-state index contributed by atoms with van der Waals surface area (Å²) >= 11 is 0. The van der Waals surface area contributed by atoms with E-state index in [1.165, 1.54) is 44.0 Å². The highest BCUT2D eigenvalue weighted by atomic mass is 32.2. The SMILES string of the molecule is Cc1nc(N2CCC(F)(F)C(C)C2)c(C(=O)Nc2ccnc([S@](C)=N)c2)c(C)c1C(F)(F)F. The molecule has 1 amide bonds. The van der Waals surface area contributed by atoms with Crippen molar-refractivity contribution in [1.82, 2.24) is 9.97 Å². The van der Waals surface area contributed by atoms with Crippen LogP contribution in [0.5, 0.6) is 0 Å². The molecule has 33 heavy (non-hydrogen) atoms. The molecule has 1 aliphatic heterocycles. The van der Waals surface area contributed by atoms with E-state index in [-0.39, 0.29) is 41.4 Å². The van der Waals surface area contributed by atoms with Crippen LogP contribution in [0, 0.1) is 24.5 Å². The second-order valence-electron chi connectivity index (χ2n) is 8.10. The molecule has 0 aliphatic carbocycles. The number of nitrogens with zero attached hydrogens (tertiary/aromatic N) is 3. The zero-order valence-electron chi connectivity index (χ0n) is 18.5. The van der Waals surface area contributed by atoms with Gasteiger partial charge in [0.15, 0.2) is 0 Å². The van der Waals surface area contributed by atoms with Crippen LogP contribution < -0.4 is 10.2 Å². The zero-order valence-corrected chi connectivity index (χ0v) is 19.3. The predicted molar refractivity (Wildman–Crippen MR) is 116 cm³/mol. The van der Waals surface area contributed by atoms with Gasteiger partial charge in [0.05, 0.1) is 16.8 Å². The van der Waals surface area contributed by atoms with Crippen LogP contribution in [0.15, 0.2) is 23.4 Å². The number of nitrogens with one attached hydrogen (secondary N) is 2. The third kappa shape index (κ3) is 5.15. The van der Waals surface area contributed by atoms with Gasteiger partial charge in [0, 0.05) is 37.3 Å². The number of rotatable bonds is 4. The number of halogens is 5. The Morgan fingerprint density at radius 2 is 2.00 bits per heavy atom. The quantitative estimate of drug-likeness (QED) is 0.578. The molecule has 3 heterocycles. The Morgan fingerprint density at radius 1 is 1.33 bits per heavy atom. The highest BCUT2D eigenvalue weighted by Gasteiger charge is 2.43. The van der Waals surface area contributed by atoms with Gasteiger partial charge < -0.3 is 10.2 Å². The lowest BCUT2D eigenvalue weighted by Crippen LogP contribution is -2.47. The van der Waals surface area contributed by atoms with Crippen molar-refractivity contribution in [3.63, 3.8) is 0 Å². The van der Waals surface area contributed by atoms with Gasteiger partial charge in [-0.15, -0.1) is 0 Å². The van der Waals surface area contributed by atoms with Gasteiger partial charge in [-0.1, -0.05) is 17.6 Å². The number of carbonyl (C=O) groups is 1. The van der Waals surface area contributed by atoms with Gasteiger partial charge >= 0.3 is 6.18 Å². The monoisotopic (exact) mass is 489 g/mol. The van der Waals surface area contributed by atoms with E-state index >= 15 is 0 Å². The zero-order chi connectivity index (χ0) is 24.7. The molecule has 1 saturated heterocycles. The van der Waals surface area contributed by atoms with Gasteiger partial charge in [-0.05, 0) is 37.8 Å². The lowest BCUT2D eigenvalue weighted by atomic mass is 9.94. The van der Waals surface area contributed by atoms with Gasteiger partial charge in [-0.3, -0.25) is 9.57 Å². The molecule has 1 aliphatic rings. The topological polar surface area (TPSA) is 82.0 Å². The molecule has 0 bridgehead atoms. The molecule has 180 valence electrons. The Kier molecular flexibility index (Phi) is 6.79. The summed E-state index contributed by atoms with van der Waals surface area (Å²) < 4.78 is 77.1. The Labute approximate surface area is 190 Å². The number of aryl methyl sites for hydroxylation is 1. The lowest BCUT2D eigenvalue weighted by molar-refractivity contribution is -0.138. The fourth-order valence-corrected chi connectivity index (χ4v) is 4.40. The molecular weight excluding hydrogens is 465 g/mol. The van der Waals surface area contributed by atoms with Crippen molar-refractivity contribution in [1.29, 1.82) is 4.78 Å². The highest BCUT2D eigenvalue weighted by molar-refractivity contribution is 7.85. The standard InChI is InChI=1S/C21H24F5N5OS/c1-11-10-31(8-6-20(11,22)23)18-16(12(2)17(13(3)29-18)21(24,25)26)19(32)30-14-5-7-28-15(9-14)33(4)27/h5,7,9,11,27H,6,8,10H2,1-4H3,(H,28,30,32)/t11?,33-/m0/s1. The summed E-state index contributed by atoms with van der Waals surface area (Å²) in [6, 6.07) is 2.93. The van der Waals surface area contributed by atoms with Crippen molar-refractivity contribution >= 4 is 28.1 Å². The van der Waals surface area contributed by atoms with E-state index in [4.69, 9.17) is 4.78 Å². The van der Waals surface area contributed by atoms with Crippen LogP contribution in [0.3, 0.4) is 0 Å².